The fourth-order valence-corrected chi connectivity index (χ4v) is 4.21. The van der Waals surface area contributed by atoms with Crippen LogP contribution in [0.4, 0.5) is 0 Å². The number of hydrogen-bond donors (Lipinski definition) is 0. The van der Waals surface area contributed by atoms with Gasteiger partial charge in [-0.25, -0.2) is 0 Å². The highest BCUT2D eigenvalue weighted by molar-refractivity contribution is 5.09. The Morgan fingerprint density at radius 2 is 2.12 bits per heavy atom. The summed E-state index contributed by atoms with van der Waals surface area (Å²) in [6.45, 7) is 5.43. The van der Waals surface area contributed by atoms with Gasteiger partial charge in [-0.2, -0.15) is 5.10 Å². The lowest BCUT2D eigenvalue weighted by Gasteiger charge is -2.53. The zero-order valence-electron chi connectivity index (χ0n) is 15.5. The lowest BCUT2D eigenvalue weighted by molar-refractivity contribution is -0.182. The van der Waals surface area contributed by atoms with Crippen molar-refractivity contribution in [1.29, 1.82) is 0 Å². The van der Waals surface area contributed by atoms with Crippen molar-refractivity contribution in [2.75, 3.05) is 26.3 Å². The predicted octanol–water partition coefficient (Wildman–Crippen LogP) is 2.40. The molecule has 6 heteroatoms. The molecular weight excluding hydrogens is 328 g/mol. The second-order valence-corrected chi connectivity index (χ2v) is 7.75. The van der Waals surface area contributed by atoms with E-state index in [1.54, 1.807) is 0 Å². The van der Waals surface area contributed by atoms with Crippen molar-refractivity contribution < 1.29 is 9.47 Å². The maximum Gasteiger partial charge on any atom is 0.0937 e. The van der Waals surface area contributed by atoms with Gasteiger partial charge in [-0.1, -0.05) is 0 Å². The third-order valence-corrected chi connectivity index (χ3v) is 5.47. The molecule has 0 aliphatic carbocycles. The van der Waals surface area contributed by atoms with E-state index >= 15 is 0 Å². The summed E-state index contributed by atoms with van der Waals surface area (Å²) in [5.41, 5.74) is 2.55. The first kappa shape index (κ1) is 17.6. The Labute approximate surface area is 155 Å². The zero-order valence-corrected chi connectivity index (χ0v) is 15.5. The van der Waals surface area contributed by atoms with Crippen LogP contribution in [0.25, 0.3) is 0 Å². The van der Waals surface area contributed by atoms with Gasteiger partial charge in [0.1, 0.15) is 0 Å². The number of ether oxygens (including phenoxy) is 2. The van der Waals surface area contributed by atoms with Crippen LogP contribution < -0.4 is 0 Å². The van der Waals surface area contributed by atoms with Gasteiger partial charge in [-0.15, -0.1) is 0 Å². The van der Waals surface area contributed by atoms with E-state index in [2.05, 4.69) is 21.2 Å². The molecule has 0 amide bonds. The first-order valence-corrected chi connectivity index (χ1v) is 9.51. The standard InChI is InChI=1S/C20H28N4O2/c1-23-12-19(11-22-23)13-24-15-20(16-24)10-17(5-9-26-20)4-8-25-14-18-2-6-21-7-3-18/h2-3,6-7,11-12,17H,4-5,8-10,13-16H2,1H3/t17-/m1/s1. The molecule has 0 aromatic carbocycles. The average molecular weight is 356 g/mol. The van der Waals surface area contributed by atoms with Gasteiger partial charge in [-0.05, 0) is 42.9 Å². The molecule has 1 atom stereocenters. The second-order valence-electron chi connectivity index (χ2n) is 7.75. The van der Waals surface area contributed by atoms with Gasteiger partial charge in [0.25, 0.3) is 0 Å². The molecule has 1 spiro atoms. The van der Waals surface area contributed by atoms with Crippen molar-refractivity contribution in [3.8, 4) is 0 Å². The van der Waals surface area contributed by atoms with E-state index in [1.165, 1.54) is 11.1 Å². The first-order chi connectivity index (χ1) is 12.7. The number of likely N-dealkylation sites (tertiary alicyclic amines) is 1. The molecule has 4 rings (SSSR count). The molecule has 2 aliphatic heterocycles. The molecule has 2 aromatic rings. The van der Waals surface area contributed by atoms with Gasteiger partial charge < -0.3 is 9.47 Å². The smallest absolute Gasteiger partial charge is 0.0937 e. The monoisotopic (exact) mass is 356 g/mol. The molecule has 26 heavy (non-hydrogen) atoms. The van der Waals surface area contributed by atoms with Crippen molar-refractivity contribution >= 4 is 0 Å². The maximum atomic E-state index is 6.17. The van der Waals surface area contributed by atoms with Crippen LogP contribution in [0, 0.1) is 5.92 Å². The third kappa shape index (κ3) is 4.31. The lowest BCUT2D eigenvalue weighted by atomic mass is 9.79. The van der Waals surface area contributed by atoms with E-state index in [0.29, 0.717) is 12.5 Å². The quantitative estimate of drug-likeness (QED) is 0.713. The van der Waals surface area contributed by atoms with Crippen molar-refractivity contribution in [1.82, 2.24) is 19.7 Å². The molecular formula is C20H28N4O2. The molecule has 6 nitrogen and oxygen atoms in total. The van der Waals surface area contributed by atoms with E-state index in [0.717, 1.165) is 52.1 Å². The van der Waals surface area contributed by atoms with Crippen LogP contribution >= 0.6 is 0 Å². The molecule has 4 heterocycles. The Kier molecular flexibility index (Phi) is 5.33. The Hall–Kier alpha value is -1.76. The number of hydrogen-bond acceptors (Lipinski definition) is 5. The van der Waals surface area contributed by atoms with E-state index in [9.17, 15) is 0 Å². The van der Waals surface area contributed by atoms with Crippen molar-refractivity contribution in [3.63, 3.8) is 0 Å². The number of aryl methyl sites for hydroxylation is 1. The molecule has 0 N–H and O–H groups in total. The van der Waals surface area contributed by atoms with Gasteiger partial charge in [0, 0.05) is 64.0 Å². The van der Waals surface area contributed by atoms with Crippen LogP contribution in [0.15, 0.2) is 36.9 Å². The summed E-state index contributed by atoms with van der Waals surface area (Å²) in [5.74, 6) is 0.710. The molecule has 0 bridgehead atoms. The van der Waals surface area contributed by atoms with E-state index in [1.807, 2.05) is 42.5 Å². The second kappa shape index (κ2) is 7.86. The Morgan fingerprint density at radius 3 is 2.88 bits per heavy atom. The highest BCUT2D eigenvalue weighted by Gasteiger charge is 2.47. The lowest BCUT2D eigenvalue weighted by Crippen LogP contribution is -2.64. The van der Waals surface area contributed by atoms with Crippen LogP contribution in [0.1, 0.15) is 30.4 Å². The molecule has 140 valence electrons. The van der Waals surface area contributed by atoms with Gasteiger partial charge in [-0.3, -0.25) is 14.6 Å². The predicted molar refractivity (Wildman–Crippen MR) is 98.4 cm³/mol. The van der Waals surface area contributed by atoms with Gasteiger partial charge in [0.05, 0.1) is 18.4 Å². The first-order valence-electron chi connectivity index (χ1n) is 9.51. The van der Waals surface area contributed by atoms with Crippen LogP contribution in [0.5, 0.6) is 0 Å². The summed E-state index contributed by atoms with van der Waals surface area (Å²) in [7, 11) is 1.96. The van der Waals surface area contributed by atoms with Crippen LogP contribution in [0.3, 0.4) is 0 Å². The average Bonchev–Trinajstić information content (AvgIpc) is 3.04. The number of pyridine rings is 1. The largest absolute Gasteiger partial charge is 0.377 e. The Morgan fingerprint density at radius 1 is 1.27 bits per heavy atom. The number of aromatic nitrogens is 3. The topological polar surface area (TPSA) is 52.4 Å². The summed E-state index contributed by atoms with van der Waals surface area (Å²) >= 11 is 0. The summed E-state index contributed by atoms with van der Waals surface area (Å²) in [6.07, 6.45) is 11.1. The molecule has 2 aliphatic rings. The third-order valence-electron chi connectivity index (χ3n) is 5.47. The molecule has 0 radical (unpaired) electrons. The normalized spacial score (nSPS) is 22.4. The molecule has 2 saturated heterocycles. The SMILES string of the molecule is Cn1cc(CN2CC3(C[C@H](CCOCc4ccncc4)CCO3)C2)cn1. The van der Waals surface area contributed by atoms with Crippen molar-refractivity contribution in [2.24, 2.45) is 13.0 Å². The van der Waals surface area contributed by atoms with Crippen LogP contribution in [-0.4, -0.2) is 51.6 Å². The summed E-state index contributed by atoms with van der Waals surface area (Å²) < 4.78 is 13.9. The maximum absolute atomic E-state index is 6.17. The Bertz CT molecular complexity index is 697. The minimum absolute atomic E-state index is 0.0796. The Balaban J connectivity index is 1.18. The van der Waals surface area contributed by atoms with Crippen LogP contribution in [0.2, 0.25) is 0 Å². The minimum Gasteiger partial charge on any atom is -0.377 e. The molecule has 2 aromatic heterocycles. The van der Waals surface area contributed by atoms with Crippen LogP contribution in [-0.2, 0) is 29.7 Å². The zero-order chi connectivity index (χ0) is 17.8. The van der Waals surface area contributed by atoms with Crippen molar-refractivity contribution in [3.05, 3.63) is 48.0 Å². The number of rotatable bonds is 7. The summed E-state index contributed by atoms with van der Waals surface area (Å²) in [5, 5.41) is 4.25. The molecule has 2 fully saturated rings. The fourth-order valence-electron chi connectivity index (χ4n) is 4.21. The summed E-state index contributed by atoms with van der Waals surface area (Å²) in [4.78, 5) is 6.49. The van der Waals surface area contributed by atoms with Gasteiger partial charge in [0.2, 0.25) is 0 Å². The van der Waals surface area contributed by atoms with E-state index in [4.69, 9.17) is 9.47 Å². The molecule has 0 unspecified atom stereocenters. The highest BCUT2D eigenvalue weighted by atomic mass is 16.5. The highest BCUT2D eigenvalue weighted by Crippen LogP contribution is 2.38. The van der Waals surface area contributed by atoms with Crippen molar-refractivity contribution in [2.45, 2.75) is 38.0 Å². The minimum atomic E-state index is 0.0796. The van der Waals surface area contributed by atoms with E-state index < -0.39 is 0 Å². The fraction of sp³-hybridized carbons (Fsp3) is 0.600. The van der Waals surface area contributed by atoms with Gasteiger partial charge in [0.15, 0.2) is 0 Å². The number of nitrogens with zero attached hydrogens (tertiary/aromatic N) is 4. The molecule has 0 saturated carbocycles. The van der Waals surface area contributed by atoms with E-state index in [-0.39, 0.29) is 5.60 Å². The van der Waals surface area contributed by atoms with Gasteiger partial charge >= 0.3 is 0 Å². The summed E-state index contributed by atoms with van der Waals surface area (Å²) in [6, 6.07) is 4.02.